The lowest BCUT2D eigenvalue weighted by molar-refractivity contribution is -0.137. The molecule has 1 unspecified atom stereocenters. The largest absolute Gasteiger partial charge is 0.342 e. The van der Waals surface area contributed by atoms with Crippen molar-refractivity contribution < 1.29 is 13.7 Å². The molecule has 4 rings (SSSR count). The van der Waals surface area contributed by atoms with Crippen molar-refractivity contribution in [1.82, 2.24) is 19.9 Å². The zero-order valence-corrected chi connectivity index (χ0v) is 16.1. The van der Waals surface area contributed by atoms with Crippen molar-refractivity contribution in [3.05, 3.63) is 36.0 Å². The van der Waals surface area contributed by atoms with Crippen LogP contribution in [0.1, 0.15) is 44.4 Å². The summed E-state index contributed by atoms with van der Waals surface area (Å²) in [5, 5.41) is 4.01. The molecular weight excluding hydrogens is 359 g/mol. The predicted molar refractivity (Wildman–Crippen MR) is 103 cm³/mol. The normalized spacial score (nSPS) is 21.5. The zero-order valence-electron chi connectivity index (χ0n) is 16.1. The second-order valence-electron chi connectivity index (χ2n) is 7.83. The minimum atomic E-state index is -0.291. The lowest BCUT2D eigenvalue weighted by Crippen LogP contribution is -2.44. The summed E-state index contributed by atoms with van der Waals surface area (Å²) < 4.78 is 18.5. The fourth-order valence-corrected chi connectivity index (χ4v) is 4.18. The van der Waals surface area contributed by atoms with Crippen molar-refractivity contribution in [1.29, 1.82) is 0 Å². The van der Waals surface area contributed by atoms with Crippen molar-refractivity contribution in [2.75, 3.05) is 26.2 Å². The number of nitrogens with zero attached hydrogens (tertiary/aromatic N) is 4. The lowest BCUT2D eigenvalue weighted by Gasteiger charge is -2.34. The molecule has 7 heteroatoms. The van der Waals surface area contributed by atoms with Crippen LogP contribution < -0.4 is 0 Å². The number of hydrogen-bond acceptors (Lipinski definition) is 5. The van der Waals surface area contributed by atoms with Gasteiger partial charge in [-0.3, -0.25) is 9.69 Å². The fraction of sp³-hybridized carbons (Fsp3) is 0.571. The van der Waals surface area contributed by atoms with Crippen LogP contribution in [0.3, 0.4) is 0 Å². The van der Waals surface area contributed by atoms with E-state index in [1.54, 1.807) is 12.1 Å². The monoisotopic (exact) mass is 386 g/mol. The minimum absolute atomic E-state index is 0.0614. The van der Waals surface area contributed by atoms with Gasteiger partial charge in [0.25, 0.3) is 0 Å². The van der Waals surface area contributed by atoms with Crippen molar-refractivity contribution in [3.63, 3.8) is 0 Å². The topological polar surface area (TPSA) is 62.5 Å². The van der Waals surface area contributed by atoms with Crippen molar-refractivity contribution in [3.8, 4) is 11.4 Å². The van der Waals surface area contributed by atoms with Crippen LogP contribution in [0.5, 0.6) is 0 Å². The fourth-order valence-electron chi connectivity index (χ4n) is 4.18. The highest BCUT2D eigenvalue weighted by atomic mass is 19.1. The summed E-state index contributed by atoms with van der Waals surface area (Å²) >= 11 is 0. The first-order chi connectivity index (χ1) is 13.7. The molecule has 0 saturated carbocycles. The Morgan fingerprint density at radius 3 is 2.57 bits per heavy atom. The molecule has 0 N–H and O–H groups in total. The molecule has 1 aromatic heterocycles. The molecular formula is C21H27FN4O2. The average molecular weight is 386 g/mol. The zero-order chi connectivity index (χ0) is 19.3. The molecule has 0 aliphatic carbocycles. The lowest BCUT2D eigenvalue weighted by atomic mass is 9.96. The maximum atomic E-state index is 13.1. The molecule has 0 bridgehead atoms. The third kappa shape index (κ3) is 4.58. The number of aromatic nitrogens is 2. The van der Waals surface area contributed by atoms with Crippen molar-refractivity contribution in [2.24, 2.45) is 5.92 Å². The third-order valence-corrected chi connectivity index (χ3v) is 5.70. The number of piperidine rings is 1. The van der Waals surface area contributed by atoms with E-state index in [1.165, 1.54) is 25.0 Å². The van der Waals surface area contributed by atoms with Crippen LogP contribution in [-0.2, 0) is 11.3 Å². The molecule has 28 heavy (non-hydrogen) atoms. The Bertz CT molecular complexity index is 784. The van der Waals surface area contributed by atoms with E-state index in [2.05, 4.69) is 19.9 Å². The highest BCUT2D eigenvalue weighted by molar-refractivity contribution is 5.79. The quantitative estimate of drug-likeness (QED) is 0.805. The van der Waals surface area contributed by atoms with E-state index in [0.29, 0.717) is 24.2 Å². The van der Waals surface area contributed by atoms with Gasteiger partial charge in [-0.05, 0) is 56.5 Å². The van der Waals surface area contributed by atoms with Gasteiger partial charge in [0, 0.05) is 25.2 Å². The molecule has 150 valence electrons. The Morgan fingerprint density at radius 1 is 1.07 bits per heavy atom. The van der Waals surface area contributed by atoms with E-state index in [-0.39, 0.29) is 11.7 Å². The second-order valence-corrected chi connectivity index (χ2v) is 7.83. The molecule has 2 aromatic rings. The molecule has 6 nitrogen and oxygen atoms in total. The van der Waals surface area contributed by atoms with Crippen LogP contribution in [0.2, 0.25) is 0 Å². The smallest absolute Gasteiger partial charge is 0.241 e. The summed E-state index contributed by atoms with van der Waals surface area (Å²) in [6.45, 7) is 4.01. The number of rotatable bonds is 4. The van der Waals surface area contributed by atoms with Crippen LogP contribution in [-0.4, -0.2) is 52.0 Å². The molecule has 2 aliphatic rings. The van der Waals surface area contributed by atoms with Crippen molar-refractivity contribution in [2.45, 2.75) is 45.1 Å². The standard InChI is InChI=1S/C21H27FN4O2/c22-18-9-7-16(8-10-18)20-23-19(28-24-20)15-25-11-5-6-17(14-25)21(27)26-12-3-1-2-4-13-26/h7-10,17H,1-6,11-15H2. The van der Waals surface area contributed by atoms with Crippen molar-refractivity contribution >= 4 is 5.91 Å². The first kappa shape index (κ1) is 19.1. The molecule has 2 aliphatic heterocycles. The Kier molecular flexibility index (Phi) is 6.00. The number of benzene rings is 1. The molecule has 0 radical (unpaired) electrons. The van der Waals surface area contributed by atoms with Crippen LogP contribution >= 0.6 is 0 Å². The Hall–Kier alpha value is -2.28. The second kappa shape index (κ2) is 8.82. The molecule has 2 saturated heterocycles. The van der Waals surface area contributed by atoms with E-state index in [9.17, 15) is 9.18 Å². The Labute approximate surface area is 164 Å². The number of likely N-dealkylation sites (tertiary alicyclic amines) is 2. The van der Waals surface area contributed by atoms with E-state index >= 15 is 0 Å². The number of carbonyl (C=O) groups is 1. The van der Waals surface area contributed by atoms with Gasteiger partial charge in [0.15, 0.2) is 0 Å². The molecule has 2 fully saturated rings. The molecule has 3 heterocycles. The summed E-state index contributed by atoms with van der Waals surface area (Å²) in [6.07, 6.45) is 6.66. The number of hydrogen-bond donors (Lipinski definition) is 0. The van der Waals surface area contributed by atoms with Gasteiger partial charge >= 0.3 is 0 Å². The molecule has 1 aromatic carbocycles. The minimum Gasteiger partial charge on any atom is -0.342 e. The van der Waals surface area contributed by atoms with E-state index in [0.717, 1.165) is 57.4 Å². The maximum Gasteiger partial charge on any atom is 0.241 e. The van der Waals surface area contributed by atoms with Gasteiger partial charge < -0.3 is 9.42 Å². The van der Waals surface area contributed by atoms with Gasteiger partial charge in [0.1, 0.15) is 5.82 Å². The summed E-state index contributed by atoms with van der Waals surface area (Å²) in [4.78, 5) is 21.7. The van der Waals surface area contributed by atoms with Gasteiger partial charge in [-0.15, -0.1) is 0 Å². The van der Waals surface area contributed by atoms with E-state index in [4.69, 9.17) is 4.52 Å². The van der Waals surface area contributed by atoms with Gasteiger partial charge in [-0.25, -0.2) is 4.39 Å². The van der Waals surface area contributed by atoms with Crippen LogP contribution in [0, 0.1) is 11.7 Å². The van der Waals surface area contributed by atoms with Gasteiger partial charge in [-0.1, -0.05) is 18.0 Å². The average Bonchev–Trinajstić information content (AvgIpc) is 3.00. The molecule has 1 atom stereocenters. The summed E-state index contributed by atoms with van der Waals surface area (Å²) in [6, 6.07) is 6.05. The van der Waals surface area contributed by atoms with E-state index in [1.807, 2.05) is 0 Å². The summed E-state index contributed by atoms with van der Waals surface area (Å²) in [7, 11) is 0. The summed E-state index contributed by atoms with van der Waals surface area (Å²) in [5.41, 5.74) is 0.726. The molecule has 1 amide bonds. The van der Waals surface area contributed by atoms with Crippen LogP contribution in [0.4, 0.5) is 4.39 Å². The highest BCUT2D eigenvalue weighted by Gasteiger charge is 2.30. The maximum absolute atomic E-state index is 13.1. The SMILES string of the molecule is O=C(C1CCCN(Cc2nc(-c3ccc(F)cc3)no2)C1)N1CCCCCC1. The first-order valence-electron chi connectivity index (χ1n) is 10.3. The molecule has 0 spiro atoms. The van der Waals surface area contributed by atoms with Gasteiger partial charge in [-0.2, -0.15) is 4.98 Å². The first-order valence-corrected chi connectivity index (χ1v) is 10.3. The van der Waals surface area contributed by atoms with Gasteiger partial charge in [0.05, 0.1) is 12.5 Å². The number of halogens is 1. The number of amides is 1. The van der Waals surface area contributed by atoms with Gasteiger partial charge in [0.2, 0.25) is 17.6 Å². The van der Waals surface area contributed by atoms with Crippen LogP contribution in [0.15, 0.2) is 28.8 Å². The Morgan fingerprint density at radius 2 is 1.82 bits per heavy atom. The van der Waals surface area contributed by atoms with Crippen LogP contribution in [0.25, 0.3) is 11.4 Å². The Balaban J connectivity index is 1.36. The summed E-state index contributed by atoms with van der Waals surface area (Å²) in [5.74, 6) is 1.07. The predicted octanol–water partition coefficient (Wildman–Crippen LogP) is 3.49. The highest BCUT2D eigenvalue weighted by Crippen LogP contribution is 2.23. The number of carbonyl (C=O) groups excluding carboxylic acids is 1. The van der Waals surface area contributed by atoms with E-state index < -0.39 is 0 Å². The third-order valence-electron chi connectivity index (χ3n) is 5.70.